The van der Waals surface area contributed by atoms with Crippen LogP contribution < -0.4 is 4.74 Å². The van der Waals surface area contributed by atoms with Gasteiger partial charge in [0, 0.05) is 12.1 Å². The third kappa shape index (κ3) is 3.14. The Bertz CT molecular complexity index is 601. The van der Waals surface area contributed by atoms with Crippen molar-refractivity contribution in [3.8, 4) is 11.5 Å². The van der Waals surface area contributed by atoms with E-state index in [-0.39, 0.29) is 17.4 Å². The zero-order chi connectivity index (χ0) is 13.8. The highest BCUT2D eigenvalue weighted by atomic mass is 35.5. The quantitative estimate of drug-likeness (QED) is 0.686. The molecule has 0 fully saturated rings. The van der Waals surface area contributed by atoms with Crippen LogP contribution in [0.25, 0.3) is 0 Å². The van der Waals surface area contributed by atoms with Crippen molar-refractivity contribution in [2.24, 2.45) is 0 Å². The van der Waals surface area contributed by atoms with E-state index < -0.39 is 16.4 Å². The van der Waals surface area contributed by atoms with Crippen molar-refractivity contribution < 1.29 is 14.8 Å². The van der Waals surface area contributed by atoms with Gasteiger partial charge in [0.2, 0.25) is 5.75 Å². The molecule has 1 N–H and O–H groups in total. The van der Waals surface area contributed by atoms with Crippen LogP contribution in [-0.4, -0.2) is 10.0 Å². The first-order valence-electron chi connectivity index (χ1n) is 5.41. The van der Waals surface area contributed by atoms with Crippen LogP contribution in [0.4, 0.5) is 5.69 Å². The van der Waals surface area contributed by atoms with Crippen molar-refractivity contribution >= 4 is 17.3 Å². The van der Waals surface area contributed by atoms with Gasteiger partial charge in [0.1, 0.15) is 6.61 Å². The predicted octanol–water partition coefficient (Wildman–Crippen LogP) is 3.53. The Morgan fingerprint density at radius 2 is 1.95 bits per heavy atom. The number of nitro benzene ring substituents is 1. The second-order valence-corrected chi connectivity index (χ2v) is 4.24. The zero-order valence-corrected chi connectivity index (χ0v) is 10.5. The molecule has 5 nitrogen and oxygen atoms in total. The molecule has 0 aliphatic rings. The van der Waals surface area contributed by atoms with E-state index in [4.69, 9.17) is 16.3 Å². The molecule has 2 aromatic rings. The Hall–Kier alpha value is -2.27. The lowest BCUT2D eigenvalue weighted by Gasteiger charge is -2.08. The minimum Gasteiger partial charge on any atom is -0.500 e. The lowest BCUT2D eigenvalue weighted by molar-refractivity contribution is -0.385. The highest BCUT2D eigenvalue weighted by molar-refractivity contribution is 6.31. The molecule has 0 radical (unpaired) electrons. The van der Waals surface area contributed by atoms with Gasteiger partial charge in [-0.05, 0) is 5.56 Å². The van der Waals surface area contributed by atoms with Gasteiger partial charge in [-0.3, -0.25) is 10.1 Å². The second kappa shape index (κ2) is 5.58. The summed E-state index contributed by atoms with van der Waals surface area (Å²) in [6.45, 7) is 0.186. The summed E-state index contributed by atoms with van der Waals surface area (Å²) in [5, 5.41) is 20.6. The van der Waals surface area contributed by atoms with Crippen LogP contribution in [0.5, 0.6) is 11.5 Å². The SMILES string of the molecule is O=[N+]([O-])c1cc(Cl)cc(OCc2ccccc2)c1O. The number of benzene rings is 2. The minimum absolute atomic E-state index is 0.0111. The first kappa shape index (κ1) is 13.2. The van der Waals surface area contributed by atoms with Gasteiger partial charge >= 0.3 is 5.69 Å². The van der Waals surface area contributed by atoms with Gasteiger partial charge in [0.15, 0.2) is 5.75 Å². The van der Waals surface area contributed by atoms with Crippen molar-refractivity contribution in [1.29, 1.82) is 0 Å². The smallest absolute Gasteiger partial charge is 0.316 e. The molecular formula is C13H10ClNO4. The summed E-state index contributed by atoms with van der Waals surface area (Å²) in [6, 6.07) is 11.7. The lowest BCUT2D eigenvalue weighted by atomic mass is 10.2. The predicted molar refractivity (Wildman–Crippen MR) is 70.5 cm³/mol. The van der Waals surface area contributed by atoms with Crippen LogP contribution in [0.1, 0.15) is 5.56 Å². The normalized spacial score (nSPS) is 10.2. The largest absolute Gasteiger partial charge is 0.500 e. The lowest BCUT2D eigenvalue weighted by Crippen LogP contribution is -1.97. The molecule has 6 heteroatoms. The third-order valence-corrected chi connectivity index (χ3v) is 2.67. The summed E-state index contributed by atoms with van der Waals surface area (Å²) >= 11 is 5.75. The van der Waals surface area contributed by atoms with Gasteiger partial charge in [0.25, 0.3) is 0 Å². The number of nitro groups is 1. The number of ether oxygens (including phenoxy) is 1. The Morgan fingerprint density at radius 3 is 2.58 bits per heavy atom. The van der Waals surface area contributed by atoms with E-state index in [0.29, 0.717) is 0 Å². The van der Waals surface area contributed by atoms with Crippen LogP contribution in [0.2, 0.25) is 5.02 Å². The summed E-state index contributed by atoms with van der Waals surface area (Å²) in [6.07, 6.45) is 0. The van der Waals surface area contributed by atoms with E-state index in [1.54, 1.807) is 0 Å². The van der Waals surface area contributed by atoms with Crippen LogP contribution in [0.15, 0.2) is 42.5 Å². The molecule has 98 valence electrons. The number of phenolic OH excluding ortho intramolecular Hbond substituents is 1. The Kier molecular flexibility index (Phi) is 3.87. The topological polar surface area (TPSA) is 72.6 Å². The van der Waals surface area contributed by atoms with Crippen LogP contribution in [0.3, 0.4) is 0 Å². The molecule has 0 spiro atoms. The van der Waals surface area contributed by atoms with Crippen LogP contribution in [0, 0.1) is 10.1 Å². The molecule has 2 aromatic carbocycles. The number of hydrogen-bond donors (Lipinski definition) is 1. The van der Waals surface area contributed by atoms with Crippen molar-refractivity contribution in [2.45, 2.75) is 6.61 Å². The Labute approximate surface area is 114 Å². The highest BCUT2D eigenvalue weighted by Gasteiger charge is 2.19. The van der Waals surface area contributed by atoms with Crippen molar-refractivity contribution in [2.75, 3.05) is 0 Å². The standard InChI is InChI=1S/C13H10ClNO4/c14-10-6-11(15(17)18)13(16)12(7-10)19-8-9-4-2-1-3-5-9/h1-7,16H,8H2. The summed E-state index contributed by atoms with van der Waals surface area (Å²) in [7, 11) is 0. The molecule has 0 saturated heterocycles. The fraction of sp³-hybridized carbons (Fsp3) is 0.0769. The summed E-state index contributed by atoms with van der Waals surface area (Å²) in [5.41, 5.74) is 0.403. The highest BCUT2D eigenvalue weighted by Crippen LogP contribution is 2.38. The van der Waals surface area contributed by atoms with Crippen LogP contribution in [-0.2, 0) is 6.61 Å². The summed E-state index contributed by atoms with van der Waals surface area (Å²) in [5.74, 6) is -0.534. The Balaban J connectivity index is 2.23. The Morgan fingerprint density at radius 1 is 1.26 bits per heavy atom. The molecule has 0 atom stereocenters. The number of aromatic hydroxyl groups is 1. The average molecular weight is 280 g/mol. The summed E-state index contributed by atoms with van der Waals surface area (Å²) < 4.78 is 5.36. The minimum atomic E-state index is -0.712. The number of halogens is 1. The molecular weight excluding hydrogens is 270 g/mol. The molecule has 0 aliphatic carbocycles. The first-order chi connectivity index (χ1) is 9.08. The maximum Gasteiger partial charge on any atom is 0.316 e. The fourth-order valence-electron chi connectivity index (χ4n) is 1.54. The number of hydrogen-bond acceptors (Lipinski definition) is 4. The van der Waals surface area contributed by atoms with E-state index >= 15 is 0 Å². The maximum atomic E-state index is 10.7. The molecule has 0 unspecified atom stereocenters. The van der Waals surface area contributed by atoms with Crippen molar-refractivity contribution in [3.63, 3.8) is 0 Å². The zero-order valence-electron chi connectivity index (χ0n) is 9.75. The monoisotopic (exact) mass is 279 g/mol. The van der Waals surface area contributed by atoms with Gasteiger partial charge in [-0.1, -0.05) is 41.9 Å². The van der Waals surface area contributed by atoms with E-state index in [1.807, 2.05) is 30.3 Å². The molecule has 0 amide bonds. The van der Waals surface area contributed by atoms with Crippen molar-refractivity contribution in [1.82, 2.24) is 0 Å². The van der Waals surface area contributed by atoms with Gasteiger partial charge in [-0.2, -0.15) is 0 Å². The third-order valence-electron chi connectivity index (χ3n) is 2.45. The van der Waals surface area contributed by atoms with E-state index in [2.05, 4.69) is 0 Å². The van der Waals surface area contributed by atoms with E-state index in [1.165, 1.54) is 6.07 Å². The molecule has 0 saturated carbocycles. The average Bonchev–Trinajstić information content (AvgIpc) is 2.40. The second-order valence-electron chi connectivity index (χ2n) is 3.80. The molecule has 19 heavy (non-hydrogen) atoms. The molecule has 2 rings (SSSR count). The van der Waals surface area contributed by atoms with Crippen molar-refractivity contribution in [3.05, 3.63) is 63.2 Å². The van der Waals surface area contributed by atoms with Gasteiger partial charge in [0.05, 0.1) is 9.95 Å². The van der Waals surface area contributed by atoms with Gasteiger partial charge in [-0.25, -0.2) is 0 Å². The van der Waals surface area contributed by atoms with Crippen LogP contribution >= 0.6 is 11.6 Å². The summed E-state index contributed by atoms with van der Waals surface area (Å²) in [4.78, 5) is 10.0. The fourth-order valence-corrected chi connectivity index (χ4v) is 1.75. The van der Waals surface area contributed by atoms with E-state index in [9.17, 15) is 15.2 Å². The maximum absolute atomic E-state index is 10.7. The first-order valence-corrected chi connectivity index (χ1v) is 5.79. The molecule has 0 aromatic heterocycles. The van der Waals surface area contributed by atoms with Gasteiger partial charge < -0.3 is 9.84 Å². The number of nitrogens with zero attached hydrogens (tertiary/aromatic N) is 1. The molecule has 0 aliphatic heterocycles. The van der Waals surface area contributed by atoms with Gasteiger partial charge in [-0.15, -0.1) is 0 Å². The van der Waals surface area contributed by atoms with E-state index in [0.717, 1.165) is 11.6 Å². The molecule has 0 bridgehead atoms. The number of rotatable bonds is 4. The number of phenols is 1. The molecule has 0 heterocycles.